The molecular weight excluding hydrogens is 166 g/mol. The van der Waals surface area contributed by atoms with Gasteiger partial charge in [-0.15, -0.1) is 11.3 Å². The van der Waals surface area contributed by atoms with Gasteiger partial charge in [0, 0.05) is 11.4 Å². The van der Waals surface area contributed by atoms with E-state index in [0.29, 0.717) is 0 Å². The Hall–Kier alpha value is -0.0500. The largest absolute Gasteiger partial charge is 1.00 e. The van der Waals surface area contributed by atoms with Crippen molar-refractivity contribution in [3.8, 4) is 0 Å². The molecule has 0 spiro atoms. The van der Waals surface area contributed by atoms with E-state index >= 15 is 0 Å². The van der Waals surface area contributed by atoms with Crippen LogP contribution in [0.15, 0.2) is 11.4 Å². The van der Waals surface area contributed by atoms with Gasteiger partial charge in [0.05, 0.1) is 0 Å². The van der Waals surface area contributed by atoms with Gasteiger partial charge in [-0.2, -0.15) is 0 Å². The van der Waals surface area contributed by atoms with Gasteiger partial charge in [-0.25, -0.2) is 0 Å². The summed E-state index contributed by atoms with van der Waals surface area (Å²) in [6.07, 6.45) is 0. The first-order valence-corrected chi connectivity index (χ1v) is 3.90. The zero-order chi connectivity index (χ0) is 6.69. The number of thiophene rings is 1. The summed E-state index contributed by atoms with van der Waals surface area (Å²) in [6.45, 7) is 3.15. The van der Waals surface area contributed by atoms with Gasteiger partial charge < -0.3 is 17.7 Å². The van der Waals surface area contributed by atoms with E-state index in [1.54, 1.807) is 0 Å². The summed E-state index contributed by atoms with van der Waals surface area (Å²) in [5, 5.41) is 5.25. The summed E-state index contributed by atoms with van der Waals surface area (Å²) in [4.78, 5) is 1.44. The van der Waals surface area contributed by atoms with E-state index in [2.05, 4.69) is 23.7 Å². The minimum absolute atomic E-state index is 0. The van der Waals surface area contributed by atoms with E-state index < -0.39 is 0 Å². The van der Waals surface area contributed by atoms with Crippen LogP contribution in [0.2, 0.25) is 0 Å². The number of nitrogens with one attached hydrogen (secondary N) is 1. The van der Waals surface area contributed by atoms with E-state index in [4.69, 9.17) is 0 Å². The highest BCUT2D eigenvalue weighted by Gasteiger charge is 1.94. The Morgan fingerprint density at radius 2 is 2.30 bits per heavy atom. The maximum Gasteiger partial charge on any atom is 0.0299 e. The zero-order valence-electron chi connectivity index (χ0n) is 6.15. The van der Waals surface area contributed by atoms with Crippen LogP contribution in [0.4, 0.5) is 0 Å². The topological polar surface area (TPSA) is 12.0 Å². The summed E-state index contributed by atoms with van der Waals surface area (Å²) in [5.41, 5.74) is 1.40. The molecule has 0 aliphatic carbocycles. The SMILES string of the molecule is CNCc1sccc1C.[Cl-]. The molecule has 0 aliphatic heterocycles. The molecule has 1 nitrogen and oxygen atoms in total. The second-order valence-electron chi connectivity index (χ2n) is 2.06. The first-order chi connectivity index (χ1) is 4.34. The van der Waals surface area contributed by atoms with E-state index in [1.807, 2.05) is 18.4 Å². The molecule has 0 saturated heterocycles. The Morgan fingerprint density at radius 3 is 2.70 bits per heavy atom. The minimum Gasteiger partial charge on any atom is -1.00 e. The van der Waals surface area contributed by atoms with Crippen molar-refractivity contribution in [1.82, 2.24) is 5.32 Å². The predicted molar refractivity (Wildman–Crippen MR) is 41.8 cm³/mol. The lowest BCUT2D eigenvalue weighted by Gasteiger charge is -1.94. The Morgan fingerprint density at radius 1 is 1.60 bits per heavy atom. The third kappa shape index (κ3) is 2.29. The minimum atomic E-state index is 0. The highest BCUT2D eigenvalue weighted by Crippen LogP contribution is 2.14. The number of hydrogen-bond acceptors (Lipinski definition) is 2. The van der Waals surface area contributed by atoms with Crippen molar-refractivity contribution < 1.29 is 12.4 Å². The molecule has 1 aromatic heterocycles. The standard InChI is InChI=1S/C7H11NS.ClH/c1-6-3-4-9-7(6)5-8-2;/h3-4,8H,5H2,1-2H3;1H/p-1. The van der Waals surface area contributed by atoms with Crippen molar-refractivity contribution in [3.05, 3.63) is 21.9 Å². The lowest BCUT2D eigenvalue weighted by Crippen LogP contribution is -3.00. The fourth-order valence-electron chi connectivity index (χ4n) is 0.746. The Kier molecular flexibility index (Phi) is 4.69. The molecule has 0 saturated carbocycles. The lowest BCUT2D eigenvalue weighted by molar-refractivity contribution is -0.00000192. The maximum absolute atomic E-state index is 3.12. The Bertz CT molecular complexity index is 185. The van der Waals surface area contributed by atoms with Crippen molar-refractivity contribution in [2.75, 3.05) is 7.05 Å². The molecule has 0 radical (unpaired) electrons. The first kappa shape index (κ1) is 9.95. The molecular formula is C7H11ClNS-. The molecule has 1 aromatic rings. The van der Waals surface area contributed by atoms with Gasteiger partial charge in [0.2, 0.25) is 0 Å². The van der Waals surface area contributed by atoms with Crippen molar-refractivity contribution >= 4 is 11.3 Å². The molecule has 1 rings (SSSR count). The molecule has 0 unspecified atom stereocenters. The van der Waals surface area contributed by atoms with Gasteiger partial charge >= 0.3 is 0 Å². The molecule has 58 valence electrons. The molecule has 10 heavy (non-hydrogen) atoms. The van der Waals surface area contributed by atoms with Crippen LogP contribution in [0.3, 0.4) is 0 Å². The second-order valence-corrected chi connectivity index (χ2v) is 3.06. The lowest BCUT2D eigenvalue weighted by atomic mass is 10.3. The summed E-state index contributed by atoms with van der Waals surface area (Å²) >= 11 is 1.81. The molecule has 0 aliphatic rings. The number of aryl methyl sites for hydroxylation is 1. The fourth-order valence-corrected chi connectivity index (χ4v) is 1.66. The fraction of sp³-hybridized carbons (Fsp3) is 0.429. The van der Waals surface area contributed by atoms with Gasteiger partial charge in [0.25, 0.3) is 0 Å². The van der Waals surface area contributed by atoms with E-state index in [9.17, 15) is 0 Å². The van der Waals surface area contributed by atoms with E-state index in [-0.39, 0.29) is 12.4 Å². The van der Waals surface area contributed by atoms with Crippen LogP contribution in [0, 0.1) is 6.92 Å². The third-order valence-corrected chi connectivity index (χ3v) is 2.33. The van der Waals surface area contributed by atoms with Gasteiger partial charge in [0.1, 0.15) is 0 Å². The number of rotatable bonds is 2. The van der Waals surface area contributed by atoms with Crippen LogP contribution in [0.25, 0.3) is 0 Å². The smallest absolute Gasteiger partial charge is 0.0299 e. The zero-order valence-corrected chi connectivity index (χ0v) is 7.72. The summed E-state index contributed by atoms with van der Waals surface area (Å²) in [6, 6.07) is 2.15. The molecule has 3 heteroatoms. The average Bonchev–Trinajstić information content (AvgIpc) is 2.18. The van der Waals surface area contributed by atoms with Gasteiger partial charge in [-0.1, -0.05) is 0 Å². The van der Waals surface area contributed by atoms with Crippen LogP contribution in [-0.4, -0.2) is 7.05 Å². The highest BCUT2D eigenvalue weighted by atomic mass is 35.5. The molecule has 0 bridgehead atoms. The molecule has 0 aromatic carbocycles. The predicted octanol–water partition coefficient (Wildman–Crippen LogP) is -1.22. The van der Waals surface area contributed by atoms with Crippen LogP contribution < -0.4 is 17.7 Å². The monoisotopic (exact) mass is 176 g/mol. The number of halogens is 1. The van der Waals surface area contributed by atoms with Gasteiger partial charge in [-0.05, 0) is 31.0 Å². The summed E-state index contributed by atoms with van der Waals surface area (Å²) < 4.78 is 0. The summed E-state index contributed by atoms with van der Waals surface area (Å²) in [5.74, 6) is 0. The highest BCUT2D eigenvalue weighted by molar-refractivity contribution is 7.10. The van der Waals surface area contributed by atoms with Crippen LogP contribution >= 0.6 is 11.3 Å². The summed E-state index contributed by atoms with van der Waals surface area (Å²) in [7, 11) is 1.97. The normalized spacial score (nSPS) is 9.00. The molecule has 0 atom stereocenters. The van der Waals surface area contributed by atoms with Crippen molar-refractivity contribution in [2.24, 2.45) is 0 Å². The van der Waals surface area contributed by atoms with Crippen LogP contribution in [-0.2, 0) is 6.54 Å². The van der Waals surface area contributed by atoms with Crippen LogP contribution in [0.1, 0.15) is 10.4 Å². The molecule has 0 fully saturated rings. The van der Waals surface area contributed by atoms with Gasteiger partial charge in [0.15, 0.2) is 0 Å². The Balaban J connectivity index is 0.000000810. The van der Waals surface area contributed by atoms with Crippen molar-refractivity contribution in [3.63, 3.8) is 0 Å². The average molecular weight is 177 g/mol. The van der Waals surface area contributed by atoms with Crippen LogP contribution in [0.5, 0.6) is 0 Å². The third-order valence-electron chi connectivity index (χ3n) is 1.31. The van der Waals surface area contributed by atoms with E-state index in [0.717, 1.165) is 6.54 Å². The quantitative estimate of drug-likeness (QED) is 0.596. The van der Waals surface area contributed by atoms with Crippen molar-refractivity contribution in [2.45, 2.75) is 13.5 Å². The number of hydrogen-bond donors (Lipinski definition) is 1. The maximum atomic E-state index is 3.12. The van der Waals surface area contributed by atoms with E-state index in [1.165, 1.54) is 10.4 Å². The van der Waals surface area contributed by atoms with Gasteiger partial charge in [-0.3, -0.25) is 0 Å². The molecule has 0 amide bonds. The molecule has 1 N–H and O–H groups in total. The first-order valence-electron chi connectivity index (χ1n) is 3.02. The van der Waals surface area contributed by atoms with Crippen molar-refractivity contribution in [1.29, 1.82) is 0 Å². The Labute approximate surface area is 71.9 Å². The second kappa shape index (κ2) is 4.72. The molecule has 1 heterocycles.